The molecule has 1 atom stereocenters. The lowest BCUT2D eigenvalue weighted by atomic mass is 10.1. The van der Waals surface area contributed by atoms with Gasteiger partial charge in [-0.05, 0) is 55.0 Å². The van der Waals surface area contributed by atoms with Gasteiger partial charge in [0.25, 0.3) is 0 Å². The van der Waals surface area contributed by atoms with E-state index in [2.05, 4.69) is 28.2 Å². The van der Waals surface area contributed by atoms with Crippen LogP contribution in [0.4, 0.5) is 11.4 Å². The number of carbonyl (C=O) groups is 2. The number of hydrogen-bond acceptors (Lipinski definition) is 3. The van der Waals surface area contributed by atoms with E-state index >= 15 is 0 Å². The second-order valence-electron chi connectivity index (χ2n) is 6.24. The Bertz CT molecular complexity index is 775. The van der Waals surface area contributed by atoms with Crippen molar-refractivity contribution in [1.82, 2.24) is 0 Å². The number of amides is 2. The van der Waals surface area contributed by atoms with E-state index in [1.165, 1.54) is 0 Å². The summed E-state index contributed by atoms with van der Waals surface area (Å²) in [5.74, 6) is 0.253. The molecular formula is C20H21BrN2O3. The molecule has 0 bridgehead atoms. The van der Waals surface area contributed by atoms with Crippen molar-refractivity contribution in [3.05, 3.63) is 53.0 Å². The van der Waals surface area contributed by atoms with Crippen LogP contribution in [0.5, 0.6) is 5.75 Å². The molecule has 1 N–H and O–H groups in total. The summed E-state index contributed by atoms with van der Waals surface area (Å²) in [4.78, 5) is 26.5. The Morgan fingerprint density at radius 2 is 1.88 bits per heavy atom. The van der Waals surface area contributed by atoms with Gasteiger partial charge in [-0.2, -0.15) is 0 Å². The number of halogens is 1. The smallest absolute Gasteiger partial charge is 0.229 e. The fourth-order valence-corrected chi connectivity index (χ4v) is 3.12. The number of rotatable bonds is 6. The predicted molar refractivity (Wildman–Crippen MR) is 105 cm³/mol. The fourth-order valence-electron chi connectivity index (χ4n) is 2.85. The zero-order valence-corrected chi connectivity index (χ0v) is 16.2. The third kappa shape index (κ3) is 4.43. The normalized spacial score (nSPS) is 16.6. The van der Waals surface area contributed by atoms with Gasteiger partial charge < -0.3 is 15.0 Å². The molecule has 3 rings (SSSR count). The van der Waals surface area contributed by atoms with Gasteiger partial charge in [0.1, 0.15) is 5.75 Å². The van der Waals surface area contributed by atoms with Gasteiger partial charge in [0.2, 0.25) is 11.8 Å². The summed E-state index contributed by atoms with van der Waals surface area (Å²) in [6.45, 7) is 3.10. The van der Waals surface area contributed by atoms with E-state index < -0.39 is 0 Å². The van der Waals surface area contributed by atoms with Crippen LogP contribution in [0.1, 0.15) is 19.8 Å². The second-order valence-corrected chi connectivity index (χ2v) is 7.16. The molecule has 136 valence electrons. The predicted octanol–water partition coefficient (Wildman–Crippen LogP) is 4.23. The Kier molecular flexibility index (Phi) is 5.93. The van der Waals surface area contributed by atoms with E-state index in [0.717, 1.165) is 28.0 Å². The molecule has 2 aromatic carbocycles. The first-order valence-electron chi connectivity index (χ1n) is 8.66. The highest BCUT2D eigenvalue weighted by Crippen LogP contribution is 2.28. The molecule has 6 heteroatoms. The number of anilines is 2. The van der Waals surface area contributed by atoms with Crippen molar-refractivity contribution >= 4 is 39.1 Å². The van der Waals surface area contributed by atoms with Gasteiger partial charge in [0, 0.05) is 28.8 Å². The quantitative estimate of drug-likeness (QED) is 0.766. The third-order valence-electron chi connectivity index (χ3n) is 4.23. The van der Waals surface area contributed by atoms with Gasteiger partial charge >= 0.3 is 0 Å². The second kappa shape index (κ2) is 8.36. The lowest BCUT2D eigenvalue weighted by Gasteiger charge is -2.17. The van der Waals surface area contributed by atoms with Gasteiger partial charge in [-0.3, -0.25) is 9.59 Å². The molecule has 0 aromatic heterocycles. The molecule has 0 saturated carbocycles. The lowest BCUT2D eigenvalue weighted by molar-refractivity contribution is -0.122. The fraction of sp³-hybridized carbons (Fsp3) is 0.300. The van der Waals surface area contributed by atoms with E-state index in [1.54, 1.807) is 4.90 Å². The summed E-state index contributed by atoms with van der Waals surface area (Å²) in [7, 11) is 0. The Balaban J connectivity index is 1.62. The van der Waals surface area contributed by atoms with E-state index in [0.29, 0.717) is 13.2 Å². The molecule has 1 aliphatic rings. The topological polar surface area (TPSA) is 58.6 Å². The molecular weight excluding hydrogens is 396 g/mol. The summed E-state index contributed by atoms with van der Waals surface area (Å²) in [5, 5.41) is 2.88. The molecule has 0 spiro atoms. The summed E-state index contributed by atoms with van der Waals surface area (Å²) in [6.07, 6.45) is 1.16. The van der Waals surface area contributed by atoms with E-state index in [4.69, 9.17) is 4.74 Å². The number of hydrogen-bond donors (Lipinski definition) is 1. The van der Waals surface area contributed by atoms with Crippen LogP contribution in [-0.4, -0.2) is 25.0 Å². The van der Waals surface area contributed by atoms with Crippen molar-refractivity contribution in [2.45, 2.75) is 19.8 Å². The Morgan fingerprint density at radius 3 is 2.54 bits per heavy atom. The van der Waals surface area contributed by atoms with Crippen LogP contribution in [0.3, 0.4) is 0 Å². The molecule has 0 aliphatic carbocycles. The molecule has 5 nitrogen and oxygen atoms in total. The first-order chi connectivity index (χ1) is 12.6. The Hall–Kier alpha value is -2.34. The Labute approximate surface area is 161 Å². The van der Waals surface area contributed by atoms with Crippen LogP contribution in [0.25, 0.3) is 0 Å². The minimum Gasteiger partial charge on any atom is -0.494 e. The largest absolute Gasteiger partial charge is 0.494 e. The highest BCUT2D eigenvalue weighted by atomic mass is 79.9. The van der Waals surface area contributed by atoms with Crippen molar-refractivity contribution in [2.75, 3.05) is 23.4 Å². The average Bonchev–Trinajstić information content (AvgIpc) is 3.04. The maximum Gasteiger partial charge on any atom is 0.229 e. The molecule has 1 heterocycles. The first kappa shape index (κ1) is 18.5. The third-order valence-corrected chi connectivity index (χ3v) is 4.76. The zero-order valence-electron chi connectivity index (χ0n) is 14.6. The summed E-state index contributed by atoms with van der Waals surface area (Å²) in [5.41, 5.74) is 1.51. The SMILES string of the molecule is CCCOc1ccc(N2C[C@H](C(=O)Nc3ccc(Br)cc3)CC2=O)cc1. The minimum atomic E-state index is -0.359. The highest BCUT2D eigenvalue weighted by molar-refractivity contribution is 9.10. The monoisotopic (exact) mass is 416 g/mol. The van der Waals surface area contributed by atoms with Crippen LogP contribution >= 0.6 is 15.9 Å². The van der Waals surface area contributed by atoms with Crippen LogP contribution < -0.4 is 15.0 Å². The molecule has 26 heavy (non-hydrogen) atoms. The average molecular weight is 417 g/mol. The number of carbonyl (C=O) groups excluding carboxylic acids is 2. The van der Waals surface area contributed by atoms with Crippen LogP contribution in [0.15, 0.2) is 53.0 Å². The maximum atomic E-state index is 12.5. The van der Waals surface area contributed by atoms with Crippen molar-refractivity contribution in [1.29, 1.82) is 0 Å². The van der Waals surface area contributed by atoms with Crippen LogP contribution in [-0.2, 0) is 9.59 Å². The van der Waals surface area contributed by atoms with Gasteiger partial charge in [-0.15, -0.1) is 0 Å². The minimum absolute atomic E-state index is 0.0387. The van der Waals surface area contributed by atoms with E-state index in [-0.39, 0.29) is 24.2 Å². The van der Waals surface area contributed by atoms with Crippen LogP contribution in [0, 0.1) is 5.92 Å². The van der Waals surface area contributed by atoms with Gasteiger partial charge in [-0.1, -0.05) is 22.9 Å². The molecule has 2 amide bonds. The Morgan fingerprint density at radius 1 is 1.19 bits per heavy atom. The van der Waals surface area contributed by atoms with E-state index in [1.807, 2.05) is 48.5 Å². The first-order valence-corrected chi connectivity index (χ1v) is 9.46. The summed E-state index contributed by atoms with van der Waals surface area (Å²) in [6, 6.07) is 14.8. The molecule has 0 unspecified atom stereocenters. The van der Waals surface area contributed by atoms with Crippen LogP contribution in [0.2, 0.25) is 0 Å². The zero-order chi connectivity index (χ0) is 18.5. The van der Waals surface area contributed by atoms with Crippen molar-refractivity contribution in [3.63, 3.8) is 0 Å². The number of benzene rings is 2. The van der Waals surface area contributed by atoms with Gasteiger partial charge in [-0.25, -0.2) is 0 Å². The molecule has 1 aliphatic heterocycles. The summed E-state index contributed by atoms with van der Waals surface area (Å²) < 4.78 is 6.51. The number of nitrogens with one attached hydrogen (secondary N) is 1. The lowest BCUT2D eigenvalue weighted by Crippen LogP contribution is -2.28. The van der Waals surface area contributed by atoms with Crippen molar-refractivity contribution in [3.8, 4) is 5.75 Å². The van der Waals surface area contributed by atoms with Gasteiger partial charge in [0.15, 0.2) is 0 Å². The molecule has 1 saturated heterocycles. The maximum absolute atomic E-state index is 12.5. The standard InChI is InChI=1S/C20H21BrN2O3/c1-2-11-26-18-9-7-17(8-10-18)23-13-14(12-19(23)24)20(25)22-16-5-3-15(21)4-6-16/h3-10,14H,2,11-13H2,1H3,(H,22,25)/t14-/m1/s1. The van der Waals surface area contributed by atoms with Crippen molar-refractivity contribution in [2.24, 2.45) is 5.92 Å². The number of nitrogens with zero attached hydrogens (tertiary/aromatic N) is 1. The van der Waals surface area contributed by atoms with Gasteiger partial charge in [0.05, 0.1) is 12.5 Å². The van der Waals surface area contributed by atoms with Crippen molar-refractivity contribution < 1.29 is 14.3 Å². The highest BCUT2D eigenvalue weighted by Gasteiger charge is 2.35. The molecule has 1 fully saturated rings. The summed E-state index contributed by atoms with van der Waals surface area (Å²) >= 11 is 3.37. The number of ether oxygens (including phenoxy) is 1. The van der Waals surface area contributed by atoms with E-state index in [9.17, 15) is 9.59 Å². The molecule has 0 radical (unpaired) electrons. The molecule has 2 aromatic rings.